The molecule has 0 aliphatic carbocycles. The van der Waals surface area contributed by atoms with E-state index in [1.165, 1.54) is 17.8 Å². The van der Waals surface area contributed by atoms with Gasteiger partial charge in [0.15, 0.2) is 23.1 Å². The maximum Gasteiger partial charge on any atom is 0.247 e. The molecule has 3 aromatic rings. The van der Waals surface area contributed by atoms with E-state index in [2.05, 4.69) is 15.0 Å². The third kappa shape index (κ3) is 2.74. The summed E-state index contributed by atoms with van der Waals surface area (Å²) in [5.41, 5.74) is 5.28. The van der Waals surface area contributed by atoms with E-state index in [1.54, 1.807) is 0 Å². The van der Waals surface area contributed by atoms with Crippen molar-refractivity contribution in [2.75, 3.05) is 5.73 Å². The van der Waals surface area contributed by atoms with Crippen LogP contribution in [0.3, 0.4) is 0 Å². The molecule has 1 saturated heterocycles. The van der Waals surface area contributed by atoms with Gasteiger partial charge in [-0.3, -0.25) is 4.57 Å². The fourth-order valence-electron chi connectivity index (χ4n) is 2.80. The number of hydrogen-bond acceptors (Lipinski definition) is 7. The van der Waals surface area contributed by atoms with Crippen LogP contribution in [0.25, 0.3) is 11.2 Å². The molecule has 1 radical (unpaired) electrons. The first-order valence-corrected chi connectivity index (χ1v) is 7.99. The lowest BCUT2D eigenvalue weighted by Crippen LogP contribution is -2.36. The molecular weight excluding hydrogens is 341 g/mol. The smallest absolute Gasteiger partial charge is 0.247 e. The van der Waals surface area contributed by atoms with Crippen LogP contribution >= 0.6 is 0 Å². The van der Waals surface area contributed by atoms with Gasteiger partial charge >= 0.3 is 0 Å². The van der Waals surface area contributed by atoms with E-state index in [0.717, 1.165) is 12.2 Å². The minimum Gasteiger partial charge on any atom is -0.471 e. The van der Waals surface area contributed by atoms with Gasteiger partial charge in [-0.25, -0.2) is 9.37 Å². The lowest BCUT2D eigenvalue weighted by molar-refractivity contribution is -0.0312. The Morgan fingerprint density at radius 1 is 1.35 bits per heavy atom. The minimum absolute atomic E-state index is 0.0367. The number of nitrogens with two attached hydrogens (primary N) is 1. The van der Waals surface area contributed by atoms with Crippen LogP contribution in [0, 0.1) is 6.61 Å². The van der Waals surface area contributed by atoms with E-state index < -0.39 is 18.0 Å². The topological polar surface area (TPSA) is 108 Å². The number of imidazole rings is 1. The van der Waals surface area contributed by atoms with Gasteiger partial charge in [0.2, 0.25) is 11.8 Å². The number of halogens is 1. The van der Waals surface area contributed by atoms with E-state index in [4.69, 9.17) is 15.2 Å². The molecule has 1 fully saturated rings. The second kappa shape index (κ2) is 6.19. The summed E-state index contributed by atoms with van der Waals surface area (Å²) in [4.78, 5) is 12.4. The molecule has 0 bridgehead atoms. The number of nitrogens with zero attached hydrogens (tertiary/aromatic N) is 4. The molecule has 3 N–H and O–H groups in total. The van der Waals surface area contributed by atoms with Crippen LogP contribution in [0.4, 0.5) is 10.3 Å². The van der Waals surface area contributed by atoms with Gasteiger partial charge in [-0.15, -0.1) is 0 Å². The molecule has 9 heteroatoms. The van der Waals surface area contributed by atoms with Crippen LogP contribution in [0.15, 0.2) is 36.7 Å². The van der Waals surface area contributed by atoms with Gasteiger partial charge < -0.3 is 20.3 Å². The molecule has 2 aromatic heterocycles. The van der Waals surface area contributed by atoms with Crippen LogP contribution in [0.1, 0.15) is 18.7 Å². The van der Waals surface area contributed by atoms with Crippen LogP contribution < -0.4 is 10.5 Å². The molecule has 26 heavy (non-hydrogen) atoms. The molecular formula is C17H17FN5O3. The number of rotatable bonds is 4. The second-order valence-electron chi connectivity index (χ2n) is 6.21. The van der Waals surface area contributed by atoms with Crippen molar-refractivity contribution in [3.05, 3.63) is 48.8 Å². The van der Waals surface area contributed by atoms with Crippen molar-refractivity contribution in [1.82, 2.24) is 19.5 Å². The highest BCUT2D eigenvalue weighted by molar-refractivity contribution is 5.77. The Bertz CT molecular complexity index is 931. The molecule has 1 aromatic carbocycles. The average molecular weight is 358 g/mol. The van der Waals surface area contributed by atoms with E-state index in [1.807, 2.05) is 30.3 Å². The molecule has 3 heterocycles. The lowest BCUT2D eigenvalue weighted by Gasteiger charge is -2.24. The molecule has 0 amide bonds. The quantitative estimate of drug-likeness (QED) is 0.731. The van der Waals surface area contributed by atoms with Gasteiger partial charge in [0.05, 0.1) is 6.33 Å². The predicted octanol–water partition coefficient (Wildman–Crippen LogP) is 1.77. The van der Waals surface area contributed by atoms with Crippen molar-refractivity contribution < 1.29 is 19.0 Å². The van der Waals surface area contributed by atoms with Gasteiger partial charge in [0, 0.05) is 0 Å². The summed E-state index contributed by atoms with van der Waals surface area (Å²) < 4.78 is 27.1. The van der Waals surface area contributed by atoms with Crippen LogP contribution in [0.5, 0.6) is 5.88 Å². The van der Waals surface area contributed by atoms with Crippen LogP contribution in [-0.2, 0) is 11.3 Å². The highest BCUT2D eigenvalue weighted by atomic mass is 19.1. The number of aromatic nitrogens is 4. The third-order valence-electron chi connectivity index (χ3n) is 4.28. The molecule has 3 unspecified atom stereocenters. The average Bonchev–Trinajstić information content (AvgIpc) is 3.14. The Morgan fingerprint density at radius 3 is 2.81 bits per heavy atom. The maximum atomic E-state index is 14.8. The summed E-state index contributed by atoms with van der Waals surface area (Å²) in [7, 11) is 0. The molecule has 0 spiro atoms. The first kappa shape index (κ1) is 16.7. The fourth-order valence-corrected chi connectivity index (χ4v) is 2.80. The van der Waals surface area contributed by atoms with E-state index in [0.29, 0.717) is 5.52 Å². The minimum atomic E-state index is -2.04. The Kier molecular flexibility index (Phi) is 3.97. The van der Waals surface area contributed by atoms with Gasteiger partial charge in [0.25, 0.3) is 0 Å². The zero-order valence-electron chi connectivity index (χ0n) is 13.9. The van der Waals surface area contributed by atoms with Gasteiger partial charge in [-0.1, -0.05) is 30.3 Å². The fraction of sp³-hybridized carbons (Fsp3) is 0.294. The monoisotopic (exact) mass is 358 g/mol. The van der Waals surface area contributed by atoms with E-state index in [-0.39, 0.29) is 24.1 Å². The molecule has 8 nitrogen and oxygen atoms in total. The summed E-state index contributed by atoms with van der Waals surface area (Å²) >= 11 is 0. The SMILES string of the molecule is CC1(F)C(O)[CH]OC1n1cnc2c(OCc3ccccc3)nc(N)nc21. The molecule has 4 rings (SSSR count). The Morgan fingerprint density at radius 2 is 2.12 bits per heavy atom. The summed E-state index contributed by atoms with van der Waals surface area (Å²) in [5, 5.41) is 9.75. The van der Waals surface area contributed by atoms with Gasteiger partial charge in [-0.2, -0.15) is 9.97 Å². The molecule has 1 aliphatic heterocycles. The number of alkyl halides is 1. The largest absolute Gasteiger partial charge is 0.471 e. The molecule has 1 aliphatic rings. The van der Waals surface area contributed by atoms with Crippen molar-refractivity contribution in [3.63, 3.8) is 0 Å². The van der Waals surface area contributed by atoms with Gasteiger partial charge in [-0.05, 0) is 12.5 Å². The summed E-state index contributed by atoms with van der Waals surface area (Å²) in [6.45, 7) is 2.56. The van der Waals surface area contributed by atoms with Crippen molar-refractivity contribution in [2.45, 2.75) is 31.5 Å². The summed E-state index contributed by atoms with van der Waals surface area (Å²) in [5.74, 6) is 0.156. The van der Waals surface area contributed by atoms with Crippen LogP contribution in [-0.4, -0.2) is 36.4 Å². The molecule has 3 atom stereocenters. The zero-order valence-corrected chi connectivity index (χ0v) is 13.9. The van der Waals surface area contributed by atoms with Crippen molar-refractivity contribution >= 4 is 17.1 Å². The highest BCUT2D eigenvalue weighted by Crippen LogP contribution is 2.41. The predicted molar refractivity (Wildman–Crippen MR) is 90.5 cm³/mol. The van der Waals surface area contributed by atoms with Crippen molar-refractivity contribution in [3.8, 4) is 5.88 Å². The van der Waals surface area contributed by atoms with Crippen molar-refractivity contribution in [2.24, 2.45) is 0 Å². The standard InChI is InChI=1S/C17H17FN5O3/c1-17(18)11(24)8-26-15(17)23-9-20-12-13(23)21-16(19)22-14(12)25-7-10-5-3-2-4-6-10/h2-6,8-9,11,15,24H,7H2,1H3,(H2,19,21,22). The number of fused-ring (bicyclic) bond motifs is 1. The normalized spacial score (nSPS) is 25.7. The highest BCUT2D eigenvalue weighted by Gasteiger charge is 2.50. The van der Waals surface area contributed by atoms with E-state index >= 15 is 0 Å². The zero-order chi connectivity index (χ0) is 18.3. The lowest BCUT2D eigenvalue weighted by atomic mass is 10.0. The first-order chi connectivity index (χ1) is 12.5. The number of aliphatic hydroxyl groups excluding tert-OH is 1. The second-order valence-corrected chi connectivity index (χ2v) is 6.21. The molecule has 135 valence electrons. The van der Waals surface area contributed by atoms with Crippen molar-refractivity contribution in [1.29, 1.82) is 0 Å². The number of anilines is 1. The van der Waals surface area contributed by atoms with Gasteiger partial charge in [0.1, 0.15) is 19.3 Å². The molecule has 0 saturated carbocycles. The number of hydrogen-bond donors (Lipinski definition) is 2. The Labute approximate surface area is 148 Å². The summed E-state index contributed by atoms with van der Waals surface area (Å²) in [6, 6.07) is 9.54. The first-order valence-electron chi connectivity index (χ1n) is 7.99. The number of ether oxygens (including phenoxy) is 2. The van der Waals surface area contributed by atoms with Crippen LogP contribution in [0.2, 0.25) is 0 Å². The maximum absolute atomic E-state index is 14.8. The number of benzene rings is 1. The Balaban J connectivity index is 1.69. The summed E-state index contributed by atoms with van der Waals surface area (Å²) in [6.07, 6.45) is -1.13. The number of nitrogen functional groups attached to an aromatic ring is 1. The Hall–Kier alpha value is -2.78. The number of aliphatic hydroxyl groups is 1. The van der Waals surface area contributed by atoms with E-state index in [9.17, 15) is 9.50 Å². The third-order valence-corrected chi connectivity index (χ3v) is 4.28.